The van der Waals surface area contributed by atoms with Crippen LogP contribution in [0, 0.1) is 0 Å². The second-order valence-corrected chi connectivity index (χ2v) is 8.21. The Morgan fingerprint density at radius 1 is 1.06 bits per heavy atom. The van der Waals surface area contributed by atoms with Gasteiger partial charge in [-0.3, -0.25) is 0 Å². The van der Waals surface area contributed by atoms with E-state index in [1.807, 2.05) is 10.7 Å². The molecule has 0 spiro atoms. The lowest BCUT2D eigenvalue weighted by molar-refractivity contribution is 0.501. The van der Waals surface area contributed by atoms with Gasteiger partial charge in [0.15, 0.2) is 0 Å². The summed E-state index contributed by atoms with van der Waals surface area (Å²) in [5.74, 6) is 1.33. The minimum atomic E-state index is -0.234. The minimum absolute atomic E-state index is 0.234. The molecule has 6 heterocycles. The SMILES string of the molecule is c1cnc(-c2nnc(N3CCc4[nH]cnc4C3c3cc4c(C5CC5)cccn4n3)o2)nc1. The summed E-state index contributed by atoms with van der Waals surface area (Å²) in [6.45, 7) is 0.695. The van der Waals surface area contributed by atoms with Crippen molar-refractivity contribution in [2.75, 3.05) is 11.4 Å². The Bertz CT molecular complexity index is 1420. The van der Waals surface area contributed by atoms with Gasteiger partial charge in [-0.05, 0) is 42.5 Å². The van der Waals surface area contributed by atoms with Gasteiger partial charge in [0.25, 0.3) is 5.89 Å². The quantitative estimate of drug-likeness (QED) is 0.467. The molecule has 1 fully saturated rings. The van der Waals surface area contributed by atoms with E-state index < -0.39 is 0 Å². The molecule has 7 rings (SSSR count). The molecule has 158 valence electrons. The molecule has 5 aromatic heterocycles. The average Bonchev–Trinajstić information content (AvgIpc) is 3.22. The lowest BCUT2D eigenvalue weighted by Gasteiger charge is -2.32. The standard InChI is InChI=1S/C22H19N9O/c1-3-14(13-4-5-13)17-11-16(29-31(17)9-1)19-18-15(25-12-26-18)6-10-30(19)22-28-27-21(32-22)20-23-7-2-8-24-20/h1-3,7-9,11-13,19H,4-6,10H2,(H,25,26). The lowest BCUT2D eigenvalue weighted by atomic mass is 10.00. The Labute approximate surface area is 182 Å². The third-order valence-electron chi connectivity index (χ3n) is 6.19. The van der Waals surface area contributed by atoms with Crippen molar-refractivity contribution in [1.82, 2.24) is 39.7 Å². The summed E-state index contributed by atoms with van der Waals surface area (Å²) in [4.78, 5) is 18.4. The molecule has 2 aliphatic rings. The zero-order chi connectivity index (χ0) is 21.1. The maximum absolute atomic E-state index is 6.00. The van der Waals surface area contributed by atoms with Crippen molar-refractivity contribution in [3.05, 3.63) is 71.8 Å². The zero-order valence-corrected chi connectivity index (χ0v) is 17.1. The van der Waals surface area contributed by atoms with Gasteiger partial charge in [-0.15, -0.1) is 5.10 Å². The van der Waals surface area contributed by atoms with Gasteiger partial charge >= 0.3 is 6.01 Å². The van der Waals surface area contributed by atoms with Gasteiger partial charge in [0, 0.05) is 37.3 Å². The van der Waals surface area contributed by atoms with Crippen molar-refractivity contribution in [2.45, 2.75) is 31.2 Å². The molecule has 10 nitrogen and oxygen atoms in total. The first-order chi connectivity index (χ1) is 15.8. The van der Waals surface area contributed by atoms with Crippen LogP contribution < -0.4 is 4.90 Å². The van der Waals surface area contributed by atoms with Crippen molar-refractivity contribution in [2.24, 2.45) is 0 Å². The Morgan fingerprint density at radius 2 is 1.97 bits per heavy atom. The molecule has 1 aliphatic heterocycles. The Morgan fingerprint density at radius 3 is 2.84 bits per heavy atom. The minimum Gasteiger partial charge on any atom is -0.400 e. The molecule has 0 bridgehead atoms. The van der Waals surface area contributed by atoms with Crippen LogP contribution >= 0.6 is 0 Å². The van der Waals surface area contributed by atoms with Gasteiger partial charge < -0.3 is 14.3 Å². The van der Waals surface area contributed by atoms with Crippen LogP contribution in [0.1, 0.15) is 47.4 Å². The maximum Gasteiger partial charge on any atom is 0.319 e. The first-order valence-corrected chi connectivity index (χ1v) is 10.7. The number of imidazole rings is 1. The van der Waals surface area contributed by atoms with Crippen LogP contribution in [0.15, 0.2) is 53.6 Å². The first-order valence-electron chi connectivity index (χ1n) is 10.7. The second-order valence-electron chi connectivity index (χ2n) is 8.21. The summed E-state index contributed by atoms with van der Waals surface area (Å²) in [5.41, 5.74) is 5.45. The lowest BCUT2D eigenvalue weighted by Crippen LogP contribution is -2.36. The number of anilines is 1. The number of rotatable bonds is 4. The third-order valence-corrected chi connectivity index (χ3v) is 6.19. The van der Waals surface area contributed by atoms with Gasteiger partial charge in [0.05, 0.1) is 23.2 Å². The van der Waals surface area contributed by atoms with Crippen LogP contribution in [0.25, 0.3) is 17.2 Å². The fourth-order valence-electron chi connectivity index (χ4n) is 4.54. The van der Waals surface area contributed by atoms with Gasteiger partial charge in [-0.25, -0.2) is 19.5 Å². The van der Waals surface area contributed by atoms with E-state index in [1.165, 1.54) is 18.4 Å². The van der Waals surface area contributed by atoms with E-state index >= 15 is 0 Å². The number of aromatic nitrogens is 8. The van der Waals surface area contributed by atoms with Crippen molar-refractivity contribution in [3.8, 4) is 11.7 Å². The van der Waals surface area contributed by atoms with Gasteiger partial charge in [0.1, 0.15) is 6.04 Å². The Kier molecular flexibility index (Phi) is 3.69. The molecule has 0 amide bonds. The number of nitrogens with one attached hydrogen (secondary N) is 1. The molecular weight excluding hydrogens is 406 g/mol. The highest BCUT2D eigenvalue weighted by Gasteiger charge is 2.36. The third kappa shape index (κ3) is 2.72. The molecule has 1 atom stereocenters. The molecule has 0 aromatic carbocycles. The first kappa shape index (κ1) is 17.6. The van der Waals surface area contributed by atoms with E-state index in [0.29, 0.717) is 24.3 Å². The van der Waals surface area contributed by atoms with Crippen LogP contribution in [-0.2, 0) is 6.42 Å². The summed E-state index contributed by atoms with van der Waals surface area (Å²) in [7, 11) is 0. The van der Waals surface area contributed by atoms with Crippen molar-refractivity contribution < 1.29 is 4.42 Å². The van der Waals surface area contributed by atoms with Crippen LogP contribution in [0.4, 0.5) is 6.01 Å². The molecule has 5 aromatic rings. The molecule has 1 N–H and O–H groups in total. The van der Waals surface area contributed by atoms with E-state index in [-0.39, 0.29) is 11.9 Å². The molecule has 0 saturated heterocycles. The van der Waals surface area contributed by atoms with Crippen LogP contribution in [0.5, 0.6) is 0 Å². The highest BCUT2D eigenvalue weighted by Crippen LogP contribution is 2.43. The summed E-state index contributed by atoms with van der Waals surface area (Å²) in [6, 6.07) is 8.38. The number of H-pyrrole nitrogens is 1. The van der Waals surface area contributed by atoms with Gasteiger partial charge in [-0.2, -0.15) is 5.10 Å². The van der Waals surface area contributed by atoms with Crippen LogP contribution in [-0.4, -0.2) is 46.3 Å². The smallest absolute Gasteiger partial charge is 0.319 e. The van der Waals surface area contributed by atoms with Gasteiger partial charge in [-0.1, -0.05) is 11.2 Å². The van der Waals surface area contributed by atoms with E-state index in [0.717, 1.165) is 29.0 Å². The Balaban J connectivity index is 1.34. The largest absolute Gasteiger partial charge is 0.400 e. The summed E-state index contributed by atoms with van der Waals surface area (Å²) in [6.07, 6.45) is 10.3. The molecule has 10 heteroatoms. The summed E-state index contributed by atoms with van der Waals surface area (Å²) < 4.78 is 7.98. The second kappa shape index (κ2) is 6.71. The number of aromatic amines is 1. The van der Waals surface area contributed by atoms with E-state index in [2.05, 4.69) is 53.2 Å². The average molecular weight is 425 g/mol. The van der Waals surface area contributed by atoms with Crippen molar-refractivity contribution in [1.29, 1.82) is 0 Å². The predicted molar refractivity (Wildman–Crippen MR) is 114 cm³/mol. The van der Waals surface area contributed by atoms with Gasteiger partial charge in [0.2, 0.25) is 5.82 Å². The molecular formula is C22H19N9O. The Hall–Kier alpha value is -4.08. The molecule has 1 unspecified atom stereocenters. The van der Waals surface area contributed by atoms with E-state index in [4.69, 9.17) is 9.52 Å². The molecule has 32 heavy (non-hydrogen) atoms. The molecule has 1 saturated carbocycles. The van der Waals surface area contributed by atoms with Crippen LogP contribution in [0.3, 0.4) is 0 Å². The molecule has 1 aliphatic carbocycles. The highest BCUT2D eigenvalue weighted by molar-refractivity contribution is 5.60. The number of pyridine rings is 1. The topological polar surface area (TPSA) is 114 Å². The monoisotopic (exact) mass is 425 g/mol. The number of nitrogens with zero attached hydrogens (tertiary/aromatic N) is 8. The van der Waals surface area contributed by atoms with E-state index in [9.17, 15) is 0 Å². The normalized spacial score (nSPS) is 18.2. The fraction of sp³-hybridized carbons (Fsp3) is 0.273. The van der Waals surface area contributed by atoms with E-state index in [1.54, 1.807) is 24.8 Å². The van der Waals surface area contributed by atoms with Crippen molar-refractivity contribution in [3.63, 3.8) is 0 Å². The number of hydrogen-bond donors (Lipinski definition) is 1. The zero-order valence-electron chi connectivity index (χ0n) is 17.1. The number of fused-ring (bicyclic) bond motifs is 2. The van der Waals surface area contributed by atoms with Crippen LogP contribution in [0.2, 0.25) is 0 Å². The highest BCUT2D eigenvalue weighted by atomic mass is 16.4. The maximum atomic E-state index is 6.00. The summed E-state index contributed by atoms with van der Waals surface area (Å²) >= 11 is 0. The number of hydrogen-bond acceptors (Lipinski definition) is 8. The molecule has 0 radical (unpaired) electrons. The summed E-state index contributed by atoms with van der Waals surface area (Å²) in [5, 5.41) is 13.4. The fourth-order valence-corrected chi connectivity index (χ4v) is 4.54. The van der Waals surface area contributed by atoms with Crippen molar-refractivity contribution >= 4 is 11.5 Å². The predicted octanol–water partition coefficient (Wildman–Crippen LogP) is 2.93.